The second-order valence-electron chi connectivity index (χ2n) is 3.87. The first-order valence-electron chi connectivity index (χ1n) is 5.36. The van der Waals surface area contributed by atoms with Gasteiger partial charge in [0.05, 0.1) is 11.7 Å². The number of tetrazole rings is 1. The smallest absolute Gasteiger partial charge is 0.173 e. The molecule has 2 aromatic rings. The lowest BCUT2D eigenvalue weighted by molar-refractivity contribution is 0.588. The molecule has 0 aliphatic heterocycles. The third-order valence-electron chi connectivity index (χ3n) is 2.71. The molecule has 0 aliphatic carbocycles. The van der Waals surface area contributed by atoms with Gasteiger partial charge in [-0.2, -0.15) is 4.68 Å². The van der Waals surface area contributed by atoms with Crippen molar-refractivity contribution in [3.63, 3.8) is 0 Å². The van der Waals surface area contributed by atoms with Crippen molar-refractivity contribution in [3.8, 4) is 5.69 Å². The molecule has 1 aromatic carbocycles. The van der Waals surface area contributed by atoms with E-state index in [1.54, 1.807) is 4.68 Å². The maximum Gasteiger partial charge on any atom is 0.173 e. The monoisotopic (exact) mass is 295 g/mol. The Morgan fingerprint density at radius 1 is 1.41 bits per heavy atom. The third-order valence-corrected chi connectivity index (χ3v) is 3.75. The fraction of sp³-hybridized carbons (Fsp3) is 0.364. The van der Waals surface area contributed by atoms with Gasteiger partial charge in [0.15, 0.2) is 5.82 Å². The van der Waals surface area contributed by atoms with Gasteiger partial charge in [0.25, 0.3) is 0 Å². The highest BCUT2D eigenvalue weighted by Gasteiger charge is 2.16. The van der Waals surface area contributed by atoms with E-state index in [0.29, 0.717) is 0 Å². The van der Waals surface area contributed by atoms with Gasteiger partial charge in [0.2, 0.25) is 0 Å². The van der Waals surface area contributed by atoms with Crippen molar-refractivity contribution < 1.29 is 0 Å². The summed E-state index contributed by atoms with van der Waals surface area (Å²) in [7, 11) is 1.88. The Hall–Kier alpha value is -1.27. The van der Waals surface area contributed by atoms with E-state index in [9.17, 15) is 0 Å². The molecule has 0 radical (unpaired) electrons. The Morgan fingerprint density at radius 2 is 2.18 bits per heavy atom. The fourth-order valence-corrected chi connectivity index (χ4v) is 1.99. The van der Waals surface area contributed by atoms with Crippen molar-refractivity contribution in [3.05, 3.63) is 34.1 Å². The molecule has 0 saturated carbocycles. The lowest BCUT2D eigenvalue weighted by Gasteiger charge is -2.12. The second-order valence-corrected chi connectivity index (χ2v) is 4.66. The van der Waals surface area contributed by atoms with Gasteiger partial charge in [-0.15, -0.1) is 5.10 Å². The van der Waals surface area contributed by atoms with Crippen molar-refractivity contribution in [2.45, 2.75) is 19.9 Å². The number of aryl methyl sites for hydroxylation is 1. The maximum atomic E-state index is 4.05. The Labute approximate surface area is 108 Å². The fourth-order valence-electron chi connectivity index (χ4n) is 1.56. The van der Waals surface area contributed by atoms with Crippen LogP contribution in [0.2, 0.25) is 0 Å². The van der Waals surface area contributed by atoms with Crippen LogP contribution >= 0.6 is 15.9 Å². The number of nitrogens with zero attached hydrogens (tertiary/aromatic N) is 4. The molecule has 0 amide bonds. The van der Waals surface area contributed by atoms with E-state index in [1.165, 1.54) is 0 Å². The minimum atomic E-state index is 0.0948. The number of hydrogen-bond acceptors (Lipinski definition) is 4. The van der Waals surface area contributed by atoms with Crippen molar-refractivity contribution in [2.75, 3.05) is 7.05 Å². The number of nitrogens with one attached hydrogen (secondary N) is 1. The minimum Gasteiger partial charge on any atom is -0.311 e. The van der Waals surface area contributed by atoms with Gasteiger partial charge in [-0.25, -0.2) is 0 Å². The Kier molecular flexibility index (Phi) is 3.54. The van der Waals surface area contributed by atoms with Gasteiger partial charge in [0, 0.05) is 4.47 Å². The zero-order valence-corrected chi connectivity index (χ0v) is 11.6. The Morgan fingerprint density at radius 3 is 2.88 bits per heavy atom. The lowest BCUT2D eigenvalue weighted by Crippen LogP contribution is -2.18. The number of rotatable bonds is 3. The molecule has 17 heavy (non-hydrogen) atoms. The van der Waals surface area contributed by atoms with E-state index in [1.807, 2.05) is 39.1 Å². The number of hydrogen-bond donors (Lipinski definition) is 1. The molecule has 1 N–H and O–H groups in total. The van der Waals surface area contributed by atoms with Crippen LogP contribution in [0.4, 0.5) is 0 Å². The SMILES string of the molecule is CNC(C)c1nnnn1-c1cccc(C)c1Br. The molecule has 1 heterocycles. The largest absolute Gasteiger partial charge is 0.311 e. The average Bonchev–Trinajstić information content (AvgIpc) is 2.80. The topological polar surface area (TPSA) is 55.6 Å². The van der Waals surface area contributed by atoms with Crippen LogP contribution in [-0.2, 0) is 0 Å². The van der Waals surface area contributed by atoms with Crippen LogP contribution in [0.1, 0.15) is 24.4 Å². The first-order valence-corrected chi connectivity index (χ1v) is 6.15. The first kappa shape index (κ1) is 12.2. The molecule has 5 nitrogen and oxygen atoms in total. The van der Waals surface area contributed by atoms with Gasteiger partial charge >= 0.3 is 0 Å². The summed E-state index contributed by atoms with van der Waals surface area (Å²) < 4.78 is 2.76. The summed E-state index contributed by atoms with van der Waals surface area (Å²) >= 11 is 3.57. The van der Waals surface area contributed by atoms with Crippen molar-refractivity contribution in [1.29, 1.82) is 0 Å². The van der Waals surface area contributed by atoms with E-state index in [-0.39, 0.29) is 6.04 Å². The van der Waals surface area contributed by atoms with Crippen LogP contribution in [0.25, 0.3) is 5.69 Å². The van der Waals surface area contributed by atoms with Gasteiger partial charge in [0.1, 0.15) is 0 Å². The summed E-state index contributed by atoms with van der Waals surface area (Å²) in [5.41, 5.74) is 2.10. The molecular weight excluding hydrogens is 282 g/mol. The Balaban J connectivity index is 2.54. The zero-order chi connectivity index (χ0) is 12.4. The zero-order valence-electron chi connectivity index (χ0n) is 9.98. The van der Waals surface area contributed by atoms with Gasteiger partial charge in [-0.1, -0.05) is 12.1 Å². The highest BCUT2D eigenvalue weighted by atomic mass is 79.9. The highest BCUT2D eigenvalue weighted by molar-refractivity contribution is 9.10. The van der Waals surface area contributed by atoms with Crippen LogP contribution in [0.3, 0.4) is 0 Å². The van der Waals surface area contributed by atoms with Crippen LogP contribution < -0.4 is 5.32 Å². The molecule has 2 rings (SSSR count). The predicted octanol–water partition coefficient (Wildman–Crippen LogP) is 2.01. The quantitative estimate of drug-likeness (QED) is 0.941. The Bertz CT molecular complexity index is 522. The maximum absolute atomic E-state index is 4.05. The van der Waals surface area contributed by atoms with Gasteiger partial charge < -0.3 is 5.32 Å². The molecular formula is C11H14BrN5. The minimum absolute atomic E-state index is 0.0948. The van der Waals surface area contributed by atoms with Crippen molar-refractivity contribution >= 4 is 15.9 Å². The van der Waals surface area contributed by atoms with E-state index in [0.717, 1.165) is 21.5 Å². The lowest BCUT2D eigenvalue weighted by atomic mass is 10.2. The third kappa shape index (κ3) is 2.23. The van der Waals surface area contributed by atoms with Crippen LogP contribution in [0.15, 0.2) is 22.7 Å². The van der Waals surface area contributed by atoms with Crippen LogP contribution in [0, 0.1) is 6.92 Å². The standard InChI is InChI=1S/C11H14BrN5/c1-7-5-4-6-9(10(7)12)17-11(8(2)13-3)14-15-16-17/h4-6,8,13H,1-3H3. The molecule has 6 heteroatoms. The summed E-state index contributed by atoms with van der Waals surface area (Å²) in [6.45, 7) is 4.06. The van der Waals surface area contributed by atoms with Crippen molar-refractivity contribution in [1.82, 2.24) is 25.5 Å². The van der Waals surface area contributed by atoms with Crippen LogP contribution in [0.5, 0.6) is 0 Å². The first-order chi connectivity index (χ1) is 8.15. The number of halogens is 1. The second kappa shape index (κ2) is 4.93. The van der Waals surface area contributed by atoms with E-state index in [4.69, 9.17) is 0 Å². The molecule has 1 unspecified atom stereocenters. The molecule has 1 aromatic heterocycles. The summed E-state index contributed by atoms with van der Waals surface area (Å²) in [6.07, 6.45) is 0. The molecule has 0 aliphatic rings. The number of benzene rings is 1. The van der Waals surface area contributed by atoms with E-state index < -0.39 is 0 Å². The molecule has 0 fully saturated rings. The summed E-state index contributed by atoms with van der Waals surface area (Å²) in [5, 5.41) is 15.0. The highest BCUT2D eigenvalue weighted by Crippen LogP contribution is 2.25. The molecule has 90 valence electrons. The number of aromatic nitrogens is 4. The van der Waals surface area contributed by atoms with Crippen LogP contribution in [-0.4, -0.2) is 27.3 Å². The van der Waals surface area contributed by atoms with Crippen molar-refractivity contribution in [2.24, 2.45) is 0 Å². The van der Waals surface area contributed by atoms with Gasteiger partial charge in [-0.05, 0) is 58.9 Å². The summed E-state index contributed by atoms with van der Waals surface area (Å²) in [5.74, 6) is 0.791. The molecule has 1 atom stereocenters. The molecule has 0 saturated heterocycles. The summed E-state index contributed by atoms with van der Waals surface area (Å²) in [6, 6.07) is 6.11. The normalized spacial score (nSPS) is 12.7. The predicted molar refractivity (Wildman–Crippen MR) is 69.1 cm³/mol. The van der Waals surface area contributed by atoms with Gasteiger partial charge in [-0.3, -0.25) is 0 Å². The van der Waals surface area contributed by atoms with E-state index >= 15 is 0 Å². The molecule has 0 spiro atoms. The summed E-state index contributed by atoms with van der Waals surface area (Å²) in [4.78, 5) is 0. The molecule has 0 bridgehead atoms. The average molecular weight is 296 g/mol. The van der Waals surface area contributed by atoms with E-state index in [2.05, 4.69) is 36.8 Å².